The number of nitrogens with zero attached hydrogens (tertiary/aromatic N) is 2. The predicted molar refractivity (Wildman–Crippen MR) is 76.8 cm³/mol. The van der Waals surface area contributed by atoms with Crippen molar-refractivity contribution in [2.75, 3.05) is 18.0 Å². The molecule has 0 atom stereocenters. The Balaban J connectivity index is 2.12. The molecule has 0 aliphatic carbocycles. The zero-order valence-electron chi connectivity index (χ0n) is 11.6. The molecule has 0 fully saturated rings. The molecule has 0 saturated carbocycles. The summed E-state index contributed by atoms with van der Waals surface area (Å²) >= 11 is 0. The Morgan fingerprint density at radius 3 is 2.94 bits per heavy atom. The van der Waals surface area contributed by atoms with Gasteiger partial charge in [-0.15, -0.1) is 0 Å². The smallest absolute Gasteiger partial charge is 0.0601 e. The van der Waals surface area contributed by atoms with E-state index in [-0.39, 0.29) is 0 Å². The van der Waals surface area contributed by atoms with Gasteiger partial charge < -0.3 is 10.2 Å². The molecular formula is C15H23N3. The maximum Gasteiger partial charge on any atom is 0.0601 e. The third-order valence-electron chi connectivity index (χ3n) is 3.37. The summed E-state index contributed by atoms with van der Waals surface area (Å²) in [5.74, 6) is 0. The van der Waals surface area contributed by atoms with E-state index in [0.717, 1.165) is 26.1 Å². The van der Waals surface area contributed by atoms with Crippen molar-refractivity contribution in [1.29, 1.82) is 0 Å². The minimum atomic E-state index is 0.509. The second-order valence-corrected chi connectivity index (χ2v) is 5.29. The molecule has 1 aliphatic heterocycles. The fraction of sp³-hybridized carbons (Fsp3) is 0.533. The Bertz CT molecular complexity index is 424. The lowest BCUT2D eigenvalue weighted by molar-refractivity contribution is 0.587. The first-order valence-corrected chi connectivity index (χ1v) is 6.73. The van der Waals surface area contributed by atoms with E-state index in [0.29, 0.717) is 6.04 Å². The Morgan fingerprint density at radius 1 is 1.44 bits per heavy atom. The first-order chi connectivity index (χ1) is 8.66. The topological polar surface area (TPSA) is 28.2 Å². The van der Waals surface area contributed by atoms with Crippen LogP contribution in [0.15, 0.2) is 30.1 Å². The number of rotatable bonds is 4. The van der Waals surface area contributed by atoms with Gasteiger partial charge in [0.2, 0.25) is 0 Å². The highest BCUT2D eigenvalue weighted by Gasteiger charge is 2.13. The number of anilines is 1. The molecule has 1 aliphatic rings. The summed E-state index contributed by atoms with van der Waals surface area (Å²) in [5.41, 5.74) is 4.11. The predicted octanol–water partition coefficient (Wildman–Crippen LogP) is 2.74. The van der Waals surface area contributed by atoms with Crippen molar-refractivity contribution in [3.63, 3.8) is 0 Å². The number of hydrogen-bond acceptors (Lipinski definition) is 3. The molecule has 2 rings (SSSR count). The van der Waals surface area contributed by atoms with Gasteiger partial charge in [0.1, 0.15) is 0 Å². The summed E-state index contributed by atoms with van der Waals surface area (Å²) in [6, 6.07) is 2.63. The minimum Gasteiger partial charge on any atom is -0.366 e. The van der Waals surface area contributed by atoms with Gasteiger partial charge in [-0.1, -0.05) is 25.5 Å². The van der Waals surface area contributed by atoms with Gasteiger partial charge in [-0.25, -0.2) is 0 Å². The van der Waals surface area contributed by atoms with Gasteiger partial charge >= 0.3 is 0 Å². The van der Waals surface area contributed by atoms with E-state index in [2.05, 4.69) is 48.1 Å². The fourth-order valence-electron chi connectivity index (χ4n) is 2.15. The molecule has 0 amide bonds. The van der Waals surface area contributed by atoms with Gasteiger partial charge in [0.05, 0.1) is 11.9 Å². The van der Waals surface area contributed by atoms with Crippen molar-refractivity contribution in [3.05, 3.63) is 35.7 Å². The average molecular weight is 245 g/mol. The summed E-state index contributed by atoms with van der Waals surface area (Å²) in [7, 11) is 0. The second kappa shape index (κ2) is 6.01. The lowest BCUT2D eigenvalue weighted by atomic mass is 10.1. The van der Waals surface area contributed by atoms with Crippen LogP contribution in [-0.2, 0) is 6.54 Å². The SMILES string of the molecule is CC1=CCN(c2cnccc2CNC(C)C)CC1. The zero-order valence-corrected chi connectivity index (χ0v) is 11.6. The number of hydrogen-bond donors (Lipinski definition) is 1. The van der Waals surface area contributed by atoms with Crippen molar-refractivity contribution in [2.45, 2.75) is 39.8 Å². The van der Waals surface area contributed by atoms with E-state index < -0.39 is 0 Å². The molecule has 0 saturated heterocycles. The standard InChI is InChI=1S/C15H23N3/c1-12(2)17-10-14-4-7-16-11-15(14)18-8-5-13(3)6-9-18/h4-5,7,11-12,17H,6,8-10H2,1-3H3. The first kappa shape index (κ1) is 13.1. The first-order valence-electron chi connectivity index (χ1n) is 6.73. The molecule has 98 valence electrons. The molecule has 2 heterocycles. The maximum atomic E-state index is 4.28. The molecule has 3 nitrogen and oxygen atoms in total. The monoisotopic (exact) mass is 245 g/mol. The lowest BCUT2D eigenvalue weighted by Gasteiger charge is -2.29. The Hall–Kier alpha value is -1.35. The minimum absolute atomic E-state index is 0.509. The Kier molecular flexibility index (Phi) is 4.37. The van der Waals surface area contributed by atoms with Crippen LogP contribution in [0.25, 0.3) is 0 Å². The molecule has 1 aromatic rings. The molecular weight excluding hydrogens is 222 g/mol. The van der Waals surface area contributed by atoms with Gasteiger partial charge in [0.15, 0.2) is 0 Å². The van der Waals surface area contributed by atoms with Crippen LogP contribution < -0.4 is 10.2 Å². The van der Waals surface area contributed by atoms with Crippen molar-refractivity contribution >= 4 is 5.69 Å². The molecule has 0 aromatic carbocycles. The molecule has 0 radical (unpaired) electrons. The van der Waals surface area contributed by atoms with Crippen LogP contribution in [-0.4, -0.2) is 24.1 Å². The summed E-state index contributed by atoms with van der Waals surface area (Å²) in [5, 5.41) is 3.48. The third-order valence-corrected chi connectivity index (χ3v) is 3.37. The van der Waals surface area contributed by atoms with E-state index in [1.807, 2.05) is 12.4 Å². The highest BCUT2D eigenvalue weighted by Crippen LogP contribution is 2.22. The van der Waals surface area contributed by atoms with E-state index in [9.17, 15) is 0 Å². The third kappa shape index (κ3) is 3.33. The number of nitrogens with one attached hydrogen (secondary N) is 1. The van der Waals surface area contributed by atoms with Gasteiger partial charge in [-0.05, 0) is 25.0 Å². The van der Waals surface area contributed by atoms with E-state index >= 15 is 0 Å². The van der Waals surface area contributed by atoms with E-state index in [4.69, 9.17) is 0 Å². The van der Waals surface area contributed by atoms with Crippen LogP contribution in [0, 0.1) is 0 Å². The number of aromatic nitrogens is 1. The second-order valence-electron chi connectivity index (χ2n) is 5.29. The molecule has 18 heavy (non-hydrogen) atoms. The molecule has 1 N–H and O–H groups in total. The largest absolute Gasteiger partial charge is 0.366 e. The maximum absolute atomic E-state index is 4.28. The van der Waals surface area contributed by atoms with Gasteiger partial charge in [-0.3, -0.25) is 4.98 Å². The normalized spacial score (nSPS) is 16.0. The van der Waals surface area contributed by atoms with Gasteiger partial charge in [0, 0.05) is 31.9 Å². The summed E-state index contributed by atoms with van der Waals surface area (Å²) in [6.07, 6.45) is 7.35. The van der Waals surface area contributed by atoms with Crippen LogP contribution in [0.1, 0.15) is 32.8 Å². The van der Waals surface area contributed by atoms with Crippen LogP contribution in [0.2, 0.25) is 0 Å². The van der Waals surface area contributed by atoms with Crippen LogP contribution in [0.5, 0.6) is 0 Å². The molecule has 0 unspecified atom stereocenters. The highest BCUT2D eigenvalue weighted by molar-refractivity contribution is 5.53. The van der Waals surface area contributed by atoms with Crippen molar-refractivity contribution in [1.82, 2.24) is 10.3 Å². The molecule has 3 heteroatoms. The van der Waals surface area contributed by atoms with E-state index in [1.54, 1.807) is 0 Å². The Morgan fingerprint density at radius 2 is 2.28 bits per heavy atom. The van der Waals surface area contributed by atoms with Gasteiger partial charge in [0.25, 0.3) is 0 Å². The summed E-state index contributed by atoms with van der Waals surface area (Å²) < 4.78 is 0. The van der Waals surface area contributed by atoms with Crippen LogP contribution >= 0.6 is 0 Å². The summed E-state index contributed by atoms with van der Waals surface area (Å²) in [6.45, 7) is 9.58. The number of pyridine rings is 1. The molecule has 0 bridgehead atoms. The van der Waals surface area contributed by atoms with Crippen molar-refractivity contribution in [3.8, 4) is 0 Å². The van der Waals surface area contributed by atoms with Crippen molar-refractivity contribution in [2.24, 2.45) is 0 Å². The van der Waals surface area contributed by atoms with Crippen LogP contribution in [0.4, 0.5) is 5.69 Å². The molecule has 1 aromatic heterocycles. The quantitative estimate of drug-likeness (QED) is 0.827. The average Bonchev–Trinajstić information content (AvgIpc) is 2.38. The van der Waals surface area contributed by atoms with Gasteiger partial charge in [-0.2, -0.15) is 0 Å². The summed E-state index contributed by atoms with van der Waals surface area (Å²) in [4.78, 5) is 6.69. The highest BCUT2D eigenvalue weighted by atomic mass is 15.1. The fourth-order valence-corrected chi connectivity index (χ4v) is 2.15. The van der Waals surface area contributed by atoms with E-state index in [1.165, 1.54) is 16.8 Å². The van der Waals surface area contributed by atoms with Crippen LogP contribution in [0.3, 0.4) is 0 Å². The molecule has 0 spiro atoms. The zero-order chi connectivity index (χ0) is 13.0. The van der Waals surface area contributed by atoms with Crippen molar-refractivity contribution < 1.29 is 0 Å². The Labute approximate surface area is 110 Å². The lowest BCUT2D eigenvalue weighted by Crippen LogP contribution is -2.30.